The Morgan fingerprint density at radius 2 is 1.55 bits per heavy atom. The molecule has 0 spiro atoms. The Morgan fingerprint density at radius 1 is 1.00 bits per heavy atom. The second-order valence-corrected chi connectivity index (χ2v) is 6.73. The number of carbonyl (C=O) groups excluding carboxylic acids is 1. The van der Waals surface area contributed by atoms with Crippen LogP contribution in [0.25, 0.3) is 0 Å². The maximum Gasteiger partial charge on any atom is 0.257 e. The fourth-order valence-electron chi connectivity index (χ4n) is 4.84. The second kappa shape index (κ2) is 4.51. The zero-order chi connectivity index (χ0) is 13.7. The van der Waals surface area contributed by atoms with Crippen LogP contribution in [-0.2, 0) is 0 Å². The molecular weight excluding hydrogens is 250 g/mol. The van der Waals surface area contributed by atoms with Gasteiger partial charge in [-0.3, -0.25) is 4.79 Å². The van der Waals surface area contributed by atoms with Crippen LogP contribution in [0.1, 0.15) is 36.0 Å². The molecule has 3 saturated carbocycles. The summed E-state index contributed by atoms with van der Waals surface area (Å²) in [5.41, 5.74) is 0.457. The van der Waals surface area contributed by atoms with Gasteiger partial charge in [-0.2, -0.15) is 0 Å². The summed E-state index contributed by atoms with van der Waals surface area (Å²) in [6.45, 7) is 1.80. The molecule has 4 aliphatic rings. The molecule has 5 rings (SSSR count). The third-order valence-electron chi connectivity index (χ3n) is 5.86. The summed E-state index contributed by atoms with van der Waals surface area (Å²) in [5.74, 6) is 3.24. The molecule has 1 amide bonds. The van der Waals surface area contributed by atoms with Gasteiger partial charge < -0.3 is 10.0 Å². The first-order chi connectivity index (χ1) is 9.74. The van der Waals surface area contributed by atoms with Crippen molar-refractivity contribution in [3.8, 4) is 5.75 Å². The van der Waals surface area contributed by atoms with E-state index in [4.69, 9.17) is 0 Å². The van der Waals surface area contributed by atoms with E-state index in [9.17, 15) is 9.90 Å². The van der Waals surface area contributed by atoms with Gasteiger partial charge >= 0.3 is 0 Å². The molecule has 1 aliphatic heterocycles. The van der Waals surface area contributed by atoms with Crippen molar-refractivity contribution in [3.63, 3.8) is 0 Å². The highest BCUT2D eigenvalue weighted by Gasteiger charge is 2.49. The molecular formula is C17H21NO2. The number of fused-ring (bicyclic) bond motifs is 2. The number of aromatic hydroxyl groups is 1. The predicted molar refractivity (Wildman–Crippen MR) is 76.4 cm³/mol. The molecule has 2 atom stereocenters. The Morgan fingerprint density at radius 3 is 2.10 bits per heavy atom. The monoisotopic (exact) mass is 271 g/mol. The first-order valence-electron chi connectivity index (χ1n) is 7.81. The Labute approximate surface area is 119 Å². The summed E-state index contributed by atoms with van der Waals surface area (Å²) < 4.78 is 0. The van der Waals surface area contributed by atoms with Gasteiger partial charge in [0, 0.05) is 13.1 Å². The van der Waals surface area contributed by atoms with Crippen LogP contribution in [0.15, 0.2) is 24.3 Å². The Hall–Kier alpha value is -1.51. The summed E-state index contributed by atoms with van der Waals surface area (Å²) in [6.07, 6.45) is 5.46. The van der Waals surface area contributed by atoms with Gasteiger partial charge in [-0.1, -0.05) is 12.1 Å². The highest BCUT2D eigenvalue weighted by molar-refractivity contribution is 5.97. The normalized spacial score (nSPS) is 35.1. The van der Waals surface area contributed by atoms with Crippen LogP contribution in [0.4, 0.5) is 0 Å². The number of benzene rings is 1. The van der Waals surface area contributed by atoms with E-state index in [-0.39, 0.29) is 11.7 Å². The maximum absolute atomic E-state index is 12.6. The van der Waals surface area contributed by atoms with Crippen LogP contribution in [-0.4, -0.2) is 29.0 Å². The van der Waals surface area contributed by atoms with Crippen LogP contribution in [0.5, 0.6) is 5.75 Å². The number of carbonyl (C=O) groups is 1. The molecule has 20 heavy (non-hydrogen) atoms. The van der Waals surface area contributed by atoms with Crippen molar-refractivity contribution in [1.29, 1.82) is 0 Å². The zero-order valence-electron chi connectivity index (χ0n) is 11.7. The molecule has 3 nitrogen and oxygen atoms in total. The summed E-state index contributed by atoms with van der Waals surface area (Å²) in [5, 5.41) is 9.87. The van der Waals surface area contributed by atoms with Crippen molar-refractivity contribution >= 4 is 5.91 Å². The van der Waals surface area contributed by atoms with Crippen LogP contribution < -0.4 is 0 Å². The van der Waals surface area contributed by atoms with Gasteiger partial charge in [-0.15, -0.1) is 0 Å². The SMILES string of the molecule is O=C(c1ccccc1O)N1C[C@@H]2C3CCC(CC3)[C@@H]2C1. The van der Waals surface area contributed by atoms with Gasteiger partial charge in [-0.05, 0) is 61.5 Å². The highest BCUT2D eigenvalue weighted by Crippen LogP contribution is 2.52. The number of hydrogen-bond donors (Lipinski definition) is 1. The molecule has 3 heteroatoms. The molecule has 0 aromatic heterocycles. The average Bonchev–Trinajstić information content (AvgIpc) is 2.95. The molecule has 1 heterocycles. The van der Waals surface area contributed by atoms with Crippen LogP contribution in [0.3, 0.4) is 0 Å². The van der Waals surface area contributed by atoms with Crippen molar-refractivity contribution in [2.45, 2.75) is 25.7 Å². The number of para-hydroxylation sites is 1. The number of phenols is 1. The number of amides is 1. The third kappa shape index (κ3) is 1.75. The molecule has 1 saturated heterocycles. The number of hydrogen-bond acceptors (Lipinski definition) is 2. The highest BCUT2D eigenvalue weighted by atomic mass is 16.3. The van der Waals surface area contributed by atoms with E-state index in [0.717, 1.165) is 36.8 Å². The Kier molecular flexibility index (Phi) is 2.76. The molecule has 3 aliphatic carbocycles. The van der Waals surface area contributed by atoms with E-state index in [0.29, 0.717) is 5.56 Å². The summed E-state index contributed by atoms with van der Waals surface area (Å²) in [6, 6.07) is 6.91. The molecule has 1 N–H and O–H groups in total. The third-order valence-corrected chi connectivity index (χ3v) is 5.86. The smallest absolute Gasteiger partial charge is 0.257 e. The van der Waals surface area contributed by atoms with E-state index < -0.39 is 0 Å². The van der Waals surface area contributed by atoms with Crippen LogP contribution in [0, 0.1) is 23.7 Å². The van der Waals surface area contributed by atoms with Gasteiger partial charge in [-0.25, -0.2) is 0 Å². The lowest BCUT2D eigenvalue weighted by Gasteiger charge is -2.44. The van der Waals surface area contributed by atoms with Crippen molar-refractivity contribution in [2.24, 2.45) is 23.7 Å². The molecule has 4 fully saturated rings. The topological polar surface area (TPSA) is 40.5 Å². The van der Waals surface area contributed by atoms with Gasteiger partial charge in [0.2, 0.25) is 0 Å². The second-order valence-electron chi connectivity index (χ2n) is 6.73. The van der Waals surface area contributed by atoms with Crippen molar-refractivity contribution in [2.75, 3.05) is 13.1 Å². The quantitative estimate of drug-likeness (QED) is 0.853. The maximum atomic E-state index is 12.6. The molecule has 106 valence electrons. The fourth-order valence-corrected chi connectivity index (χ4v) is 4.84. The van der Waals surface area contributed by atoms with Gasteiger partial charge in [0.15, 0.2) is 0 Å². The lowest BCUT2D eigenvalue weighted by atomic mass is 9.60. The Balaban J connectivity index is 1.57. The van der Waals surface area contributed by atoms with Crippen molar-refractivity contribution < 1.29 is 9.90 Å². The van der Waals surface area contributed by atoms with E-state index in [2.05, 4.69) is 0 Å². The van der Waals surface area contributed by atoms with Crippen LogP contribution in [0.2, 0.25) is 0 Å². The summed E-state index contributed by atoms with van der Waals surface area (Å²) in [4.78, 5) is 14.6. The largest absolute Gasteiger partial charge is 0.507 e. The minimum Gasteiger partial charge on any atom is -0.507 e. The molecule has 0 unspecified atom stereocenters. The number of rotatable bonds is 1. The van der Waals surface area contributed by atoms with E-state index >= 15 is 0 Å². The standard InChI is InChI=1S/C17H21NO2/c19-16-4-2-1-3-13(16)17(20)18-9-14-11-5-6-12(8-7-11)15(14)10-18/h1-4,11-12,14-15,19H,5-10H2/t11?,12?,14-,15+. The molecule has 1 aromatic carbocycles. The molecule has 0 radical (unpaired) electrons. The minimum atomic E-state index is 0.0110. The van der Waals surface area contributed by atoms with E-state index in [1.165, 1.54) is 25.7 Å². The lowest BCUT2D eigenvalue weighted by Crippen LogP contribution is -2.38. The van der Waals surface area contributed by atoms with E-state index in [1.54, 1.807) is 18.2 Å². The minimum absolute atomic E-state index is 0.0110. The van der Waals surface area contributed by atoms with Gasteiger partial charge in [0.25, 0.3) is 5.91 Å². The average molecular weight is 271 g/mol. The summed E-state index contributed by atoms with van der Waals surface area (Å²) in [7, 11) is 0. The first kappa shape index (κ1) is 12.2. The number of phenolic OH excluding ortho intramolecular Hbond substituents is 1. The lowest BCUT2D eigenvalue weighted by molar-refractivity contribution is 0.0577. The van der Waals surface area contributed by atoms with E-state index in [1.807, 2.05) is 11.0 Å². The first-order valence-corrected chi connectivity index (χ1v) is 7.81. The molecule has 2 bridgehead atoms. The fraction of sp³-hybridized carbons (Fsp3) is 0.588. The van der Waals surface area contributed by atoms with Crippen molar-refractivity contribution in [3.05, 3.63) is 29.8 Å². The zero-order valence-corrected chi connectivity index (χ0v) is 11.7. The Bertz CT molecular complexity index is 514. The van der Waals surface area contributed by atoms with Gasteiger partial charge in [0.1, 0.15) is 5.75 Å². The number of likely N-dealkylation sites (tertiary alicyclic amines) is 1. The summed E-state index contributed by atoms with van der Waals surface area (Å²) >= 11 is 0. The van der Waals surface area contributed by atoms with Crippen LogP contribution >= 0.6 is 0 Å². The predicted octanol–water partition coefficient (Wildman–Crippen LogP) is 2.90. The van der Waals surface area contributed by atoms with Crippen molar-refractivity contribution in [1.82, 2.24) is 4.90 Å². The van der Waals surface area contributed by atoms with Gasteiger partial charge in [0.05, 0.1) is 5.56 Å². The number of nitrogens with zero attached hydrogens (tertiary/aromatic N) is 1. The molecule has 1 aromatic rings.